The minimum atomic E-state index is -0.757. The number of rotatable bonds is 4. The number of hydrogen-bond donors (Lipinski definition) is 2. The van der Waals surface area contributed by atoms with Crippen LogP contribution in [0.3, 0.4) is 0 Å². The van der Waals surface area contributed by atoms with E-state index in [-0.39, 0.29) is 22.3 Å². The van der Waals surface area contributed by atoms with E-state index in [0.29, 0.717) is 34.4 Å². The average Bonchev–Trinajstić information content (AvgIpc) is 3.47. The molecule has 34 heavy (non-hydrogen) atoms. The largest absolute Gasteiger partial charge is 0.387 e. The SMILES string of the molecule is C[C@H](O)c1cnn(-c2ncc(NC(=O)C3CC4(CCC4)c4c3cnc3cc(Cl)nn43)cc2Cl)n1. The second-order valence-electron chi connectivity index (χ2n) is 8.94. The topological polar surface area (TPSA) is 123 Å². The maximum Gasteiger partial charge on any atom is 0.232 e. The Morgan fingerprint density at radius 1 is 1.21 bits per heavy atom. The lowest BCUT2D eigenvalue weighted by Crippen LogP contribution is -2.34. The van der Waals surface area contributed by atoms with Gasteiger partial charge in [0.25, 0.3) is 0 Å². The Bertz CT molecular complexity index is 1440. The molecule has 1 unspecified atom stereocenters. The highest BCUT2D eigenvalue weighted by Crippen LogP contribution is 2.56. The first kappa shape index (κ1) is 21.5. The van der Waals surface area contributed by atoms with E-state index in [0.717, 1.165) is 30.5 Å². The molecular weight excluding hydrogens is 479 g/mol. The molecule has 0 aliphatic heterocycles. The van der Waals surface area contributed by atoms with Crippen molar-refractivity contribution in [2.45, 2.75) is 50.0 Å². The Kier molecular flexibility index (Phi) is 4.87. The minimum Gasteiger partial charge on any atom is -0.387 e. The highest BCUT2D eigenvalue weighted by atomic mass is 35.5. The van der Waals surface area contributed by atoms with Gasteiger partial charge in [-0.3, -0.25) is 4.79 Å². The molecule has 1 amide bonds. The van der Waals surface area contributed by atoms with Crippen LogP contribution in [0.15, 0.2) is 30.7 Å². The third-order valence-electron chi connectivity index (χ3n) is 6.80. The zero-order chi connectivity index (χ0) is 23.6. The van der Waals surface area contributed by atoms with Gasteiger partial charge in [-0.1, -0.05) is 29.6 Å². The lowest BCUT2D eigenvalue weighted by Gasteiger charge is -2.39. The molecule has 12 heteroatoms. The lowest BCUT2D eigenvalue weighted by atomic mass is 9.66. The Labute approximate surface area is 203 Å². The van der Waals surface area contributed by atoms with Crippen molar-refractivity contribution in [2.75, 3.05) is 5.32 Å². The number of carbonyl (C=O) groups is 1. The number of aromatic nitrogens is 7. The predicted octanol–water partition coefficient (Wildman–Crippen LogP) is 3.61. The van der Waals surface area contributed by atoms with E-state index in [4.69, 9.17) is 23.2 Å². The van der Waals surface area contributed by atoms with Crippen LogP contribution in [-0.4, -0.2) is 45.6 Å². The average molecular weight is 499 g/mol. The number of hydrogen-bond acceptors (Lipinski definition) is 7. The van der Waals surface area contributed by atoms with E-state index in [2.05, 4.69) is 30.6 Å². The van der Waals surface area contributed by atoms with Crippen molar-refractivity contribution >= 4 is 40.4 Å². The molecule has 4 aromatic rings. The summed E-state index contributed by atoms with van der Waals surface area (Å²) in [6.07, 6.45) is 7.81. The number of fused-ring (bicyclic) bond motifs is 4. The number of pyridine rings is 1. The van der Waals surface area contributed by atoms with Crippen molar-refractivity contribution < 1.29 is 9.90 Å². The smallest absolute Gasteiger partial charge is 0.232 e. The summed E-state index contributed by atoms with van der Waals surface area (Å²) < 4.78 is 1.80. The van der Waals surface area contributed by atoms with Crippen LogP contribution < -0.4 is 5.32 Å². The fourth-order valence-corrected chi connectivity index (χ4v) is 5.44. The van der Waals surface area contributed by atoms with E-state index < -0.39 is 6.10 Å². The number of halogens is 2. The van der Waals surface area contributed by atoms with Crippen LogP contribution in [0, 0.1) is 0 Å². The van der Waals surface area contributed by atoms with Crippen LogP contribution in [0.5, 0.6) is 0 Å². The van der Waals surface area contributed by atoms with Gasteiger partial charge in [0.2, 0.25) is 5.91 Å². The zero-order valence-corrected chi connectivity index (χ0v) is 19.6. The van der Waals surface area contributed by atoms with Gasteiger partial charge in [0.1, 0.15) is 5.69 Å². The third kappa shape index (κ3) is 3.28. The number of nitrogens with zero attached hydrogens (tertiary/aromatic N) is 7. The number of aliphatic hydroxyl groups is 1. The molecule has 1 saturated carbocycles. The number of anilines is 1. The normalized spacial score (nSPS) is 19.2. The summed E-state index contributed by atoms with van der Waals surface area (Å²) in [6, 6.07) is 3.34. The van der Waals surface area contributed by atoms with Crippen molar-refractivity contribution in [3.8, 4) is 5.82 Å². The van der Waals surface area contributed by atoms with Gasteiger partial charge >= 0.3 is 0 Å². The number of carbonyl (C=O) groups excluding carboxylic acids is 1. The summed E-state index contributed by atoms with van der Waals surface area (Å²) in [6.45, 7) is 1.60. The van der Waals surface area contributed by atoms with Crippen molar-refractivity contribution in [2.24, 2.45) is 0 Å². The highest BCUT2D eigenvalue weighted by molar-refractivity contribution is 6.32. The quantitative estimate of drug-likeness (QED) is 0.440. The molecule has 4 heterocycles. The molecule has 1 spiro atoms. The molecule has 0 saturated heterocycles. The second-order valence-corrected chi connectivity index (χ2v) is 9.74. The van der Waals surface area contributed by atoms with Gasteiger partial charge in [0.05, 0.1) is 40.8 Å². The number of nitrogens with one attached hydrogen (secondary N) is 1. The molecule has 174 valence electrons. The van der Waals surface area contributed by atoms with Crippen LogP contribution in [0.1, 0.15) is 61.6 Å². The van der Waals surface area contributed by atoms with Crippen molar-refractivity contribution in [3.63, 3.8) is 0 Å². The first-order valence-corrected chi connectivity index (χ1v) is 11.7. The molecule has 2 N–H and O–H groups in total. The molecule has 2 aliphatic rings. The van der Waals surface area contributed by atoms with Crippen LogP contribution >= 0.6 is 23.2 Å². The lowest BCUT2D eigenvalue weighted by molar-refractivity contribution is -0.117. The van der Waals surface area contributed by atoms with Gasteiger partial charge in [-0.05, 0) is 32.3 Å². The van der Waals surface area contributed by atoms with Crippen LogP contribution in [-0.2, 0) is 10.2 Å². The number of aliphatic hydroxyl groups excluding tert-OH is 1. The third-order valence-corrected chi connectivity index (χ3v) is 7.26. The first-order valence-electron chi connectivity index (χ1n) is 11.0. The molecular formula is C22H20Cl2N8O2. The monoisotopic (exact) mass is 498 g/mol. The molecule has 6 rings (SSSR count). The molecule has 4 aromatic heterocycles. The Morgan fingerprint density at radius 3 is 2.71 bits per heavy atom. The maximum absolute atomic E-state index is 13.4. The second kappa shape index (κ2) is 7.72. The number of amides is 1. The fraction of sp³-hybridized carbons (Fsp3) is 0.364. The van der Waals surface area contributed by atoms with E-state index in [1.54, 1.807) is 29.8 Å². The van der Waals surface area contributed by atoms with Crippen LogP contribution in [0.4, 0.5) is 5.69 Å². The molecule has 0 radical (unpaired) electrons. The summed E-state index contributed by atoms with van der Waals surface area (Å²) in [5, 5.41) is 26.0. The Morgan fingerprint density at radius 2 is 2.03 bits per heavy atom. The van der Waals surface area contributed by atoms with Crippen LogP contribution in [0.25, 0.3) is 11.5 Å². The first-order chi connectivity index (χ1) is 16.3. The zero-order valence-electron chi connectivity index (χ0n) is 18.1. The molecule has 10 nitrogen and oxygen atoms in total. The molecule has 1 fully saturated rings. The minimum absolute atomic E-state index is 0.0824. The maximum atomic E-state index is 13.4. The van der Waals surface area contributed by atoms with Crippen molar-refractivity contribution in [3.05, 3.63) is 57.9 Å². The Hall–Kier alpha value is -3.08. The summed E-state index contributed by atoms with van der Waals surface area (Å²) in [5.74, 6) is -0.216. The van der Waals surface area contributed by atoms with Gasteiger partial charge in [0.15, 0.2) is 16.6 Å². The summed E-state index contributed by atoms with van der Waals surface area (Å²) in [4.78, 5) is 23.4. The van der Waals surface area contributed by atoms with Gasteiger partial charge in [-0.2, -0.15) is 10.2 Å². The predicted molar refractivity (Wildman–Crippen MR) is 124 cm³/mol. The van der Waals surface area contributed by atoms with E-state index in [1.165, 1.54) is 17.2 Å². The molecule has 2 atom stereocenters. The van der Waals surface area contributed by atoms with E-state index in [9.17, 15) is 9.90 Å². The van der Waals surface area contributed by atoms with Crippen molar-refractivity contribution in [1.82, 2.24) is 34.6 Å². The Balaban J connectivity index is 1.28. The van der Waals surface area contributed by atoms with Crippen molar-refractivity contribution in [1.29, 1.82) is 0 Å². The molecule has 0 bridgehead atoms. The van der Waals surface area contributed by atoms with Crippen LogP contribution in [0.2, 0.25) is 10.2 Å². The molecule has 2 aliphatic carbocycles. The van der Waals surface area contributed by atoms with Gasteiger partial charge < -0.3 is 10.4 Å². The summed E-state index contributed by atoms with van der Waals surface area (Å²) >= 11 is 12.6. The summed E-state index contributed by atoms with van der Waals surface area (Å²) in [7, 11) is 0. The standard InChI is InChI=1S/C22H20Cl2N8O2/c1-11(33)16-10-27-32(29-16)20-15(23)5-12(8-26-20)28-21(34)13-7-22(3-2-4-22)19-14(13)9-25-18-6-17(24)30-31(18)19/h5-6,8-11,13,33H,2-4,7H2,1H3,(H,28,34)/t11-,13?/m0/s1. The highest BCUT2D eigenvalue weighted by Gasteiger charge is 2.52. The van der Waals surface area contributed by atoms with E-state index >= 15 is 0 Å². The van der Waals surface area contributed by atoms with Gasteiger partial charge in [-0.15, -0.1) is 9.90 Å². The fourth-order valence-electron chi connectivity index (χ4n) is 5.02. The van der Waals surface area contributed by atoms with E-state index in [1.807, 2.05) is 0 Å². The molecule has 0 aromatic carbocycles. The summed E-state index contributed by atoms with van der Waals surface area (Å²) in [5.41, 5.74) is 3.40. The van der Waals surface area contributed by atoms with Gasteiger partial charge in [-0.25, -0.2) is 14.5 Å². The van der Waals surface area contributed by atoms with Gasteiger partial charge in [0, 0.05) is 23.2 Å².